The number of amides is 2. The van der Waals surface area contributed by atoms with Crippen LogP contribution in [0.4, 0.5) is 0 Å². The van der Waals surface area contributed by atoms with E-state index in [9.17, 15) is 9.59 Å². The van der Waals surface area contributed by atoms with E-state index in [0.29, 0.717) is 11.1 Å². The first-order valence-electron chi connectivity index (χ1n) is 7.23. The maximum atomic E-state index is 11.2. The standard InChI is InChI=1S/C10H6Cl5NO.C7H7NO/c11-4-1-3(2-5(12)8(4)13)6-7(9(16)17)10(6,14)15;8-7(9)6-4-2-1-3-5-6/h1-2,6-7H,(H2,16,17);1-5H,(H2,8,9). The molecule has 1 saturated carbocycles. The number of alkyl halides is 2. The van der Waals surface area contributed by atoms with Gasteiger partial charge in [0.2, 0.25) is 11.8 Å². The van der Waals surface area contributed by atoms with Gasteiger partial charge in [-0.25, -0.2) is 0 Å². The normalized spacial score (nSPS) is 19.9. The fraction of sp³-hybridized carbons (Fsp3) is 0.176. The molecule has 0 radical (unpaired) electrons. The van der Waals surface area contributed by atoms with Gasteiger partial charge >= 0.3 is 0 Å². The molecule has 1 aliphatic rings. The molecule has 9 heteroatoms. The van der Waals surface area contributed by atoms with E-state index in [1.807, 2.05) is 6.07 Å². The summed E-state index contributed by atoms with van der Waals surface area (Å²) in [5, 5.41) is 0.824. The predicted molar refractivity (Wildman–Crippen MR) is 106 cm³/mol. The van der Waals surface area contributed by atoms with E-state index < -0.39 is 22.1 Å². The van der Waals surface area contributed by atoms with Crippen LogP contribution in [0, 0.1) is 5.92 Å². The lowest BCUT2D eigenvalue weighted by atomic mass is 10.1. The Hall–Kier alpha value is -1.17. The van der Waals surface area contributed by atoms with Crippen LogP contribution in [0.2, 0.25) is 15.1 Å². The minimum Gasteiger partial charge on any atom is -0.369 e. The molecule has 4 nitrogen and oxygen atoms in total. The van der Waals surface area contributed by atoms with Crippen molar-refractivity contribution < 1.29 is 9.59 Å². The van der Waals surface area contributed by atoms with Gasteiger partial charge < -0.3 is 11.5 Å². The van der Waals surface area contributed by atoms with Crippen LogP contribution in [0.15, 0.2) is 42.5 Å². The van der Waals surface area contributed by atoms with Crippen molar-refractivity contribution in [2.24, 2.45) is 17.4 Å². The number of halogens is 5. The summed E-state index contributed by atoms with van der Waals surface area (Å²) < 4.78 is -1.20. The molecular formula is C17H13Cl5N2O2. The summed E-state index contributed by atoms with van der Waals surface area (Å²) in [5.41, 5.74) is 11.4. The fourth-order valence-electron chi connectivity index (χ4n) is 2.45. The minimum absolute atomic E-state index is 0.253. The maximum Gasteiger partial charge on any atom is 0.248 e. The zero-order valence-corrected chi connectivity index (χ0v) is 16.8. The number of hydrogen-bond acceptors (Lipinski definition) is 2. The van der Waals surface area contributed by atoms with E-state index in [4.69, 9.17) is 69.5 Å². The fourth-order valence-corrected chi connectivity index (χ4v) is 3.91. The van der Waals surface area contributed by atoms with Gasteiger partial charge in [0.1, 0.15) is 4.33 Å². The SMILES string of the molecule is NC(=O)C1C(c2cc(Cl)c(Cl)c(Cl)c2)C1(Cl)Cl.NC(=O)c1ccccc1. The molecule has 26 heavy (non-hydrogen) atoms. The van der Waals surface area contributed by atoms with Crippen molar-refractivity contribution in [1.82, 2.24) is 0 Å². The molecule has 0 aromatic heterocycles. The second-order valence-corrected chi connectivity index (χ2v) is 8.20. The van der Waals surface area contributed by atoms with E-state index in [1.165, 1.54) is 0 Å². The van der Waals surface area contributed by atoms with Gasteiger partial charge in [-0.05, 0) is 29.8 Å². The first kappa shape index (κ1) is 21.1. The highest BCUT2D eigenvalue weighted by molar-refractivity contribution is 6.53. The minimum atomic E-state index is -1.20. The van der Waals surface area contributed by atoms with Crippen LogP contribution in [-0.2, 0) is 4.79 Å². The summed E-state index contributed by atoms with van der Waals surface area (Å²) in [6.45, 7) is 0. The molecule has 0 spiro atoms. The second-order valence-electron chi connectivity index (χ2n) is 5.56. The van der Waals surface area contributed by atoms with Crippen molar-refractivity contribution in [3.8, 4) is 0 Å². The molecule has 0 saturated heterocycles. The van der Waals surface area contributed by atoms with Crippen molar-refractivity contribution in [2.75, 3.05) is 0 Å². The largest absolute Gasteiger partial charge is 0.369 e. The van der Waals surface area contributed by atoms with Gasteiger partial charge in [-0.1, -0.05) is 53.0 Å². The van der Waals surface area contributed by atoms with Crippen molar-refractivity contribution >= 4 is 69.8 Å². The maximum absolute atomic E-state index is 11.2. The Labute approximate surface area is 175 Å². The van der Waals surface area contributed by atoms with E-state index >= 15 is 0 Å². The van der Waals surface area contributed by atoms with Crippen LogP contribution in [-0.4, -0.2) is 16.1 Å². The third-order valence-electron chi connectivity index (χ3n) is 3.78. The first-order chi connectivity index (χ1) is 12.1. The summed E-state index contributed by atoms with van der Waals surface area (Å²) in [4.78, 5) is 21.6. The van der Waals surface area contributed by atoms with Crippen molar-refractivity contribution in [3.05, 3.63) is 68.7 Å². The van der Waals surface area contributed by atoms with E-state index in [0.717, 1.165) is 0 Å². The van der Waals surface area contributed by atoms with E-state index in [2.05, 4.69) is 0 Å². The number of nitrogens with two attached hydrogens (primary N) is 2. The first-order valence-corrected chi connectivity index (χ1v) is 9.12. The summed E-state index contributed by atoms with van der Waals surface area (Å²) in [6.07, 6.45) is 0. The number of carbonyl (C=O) groups excluding carboxylic acids is 2. The van der Waals surface area contributed by atoms with Crippen LogP contribution < -0.4 is 11.5 Å². The summed E-state index contributed by atoms with van der Waals surface area (Å²) >= 11 is 29.6. The van der Waals surface area contributed by atoms with Gasteiger partial charge in [-0.15, -0.1) is 23.2 Å². The molecule has 2 atom stereocenters. The molecule has 0 aliphatic heterocycles. The molecule has 4 N–H and O–H groups in total. The number of benzene rings is 2. The molecule has 2 amide bonds. The Morgan fingerprint density at radius 1 is 0.923 bits per heavy atom. The summed E-state index contributed by atoms with van der Waals surface area (Å²) in [6, 6.07) is 11.9. The molecule has 138 valence electrons. The van der Waals surface area contributed by atoms with Crippen molar-refractivity contribution in [2.45, 2.75) is 10.3 Å². The van der Waals surface area contributed by atoms with Gasteiger partial charge in [0.25, 0.3) is 0 Å². The van der Waals surface area contributed by atoms with E-state index in [1.54, 1.807) is 36.4 Å². The molecule has 0 bridgehead atoms. The van der Waals surface area contributed by atoms with Crippen LogP contribution in [0.5, 0.6) is 0 Å². The smallest absolute Gasteiger partial charge is 0.248 e. The van der Waals surface area contributed by atoms with Crippen molar-refractivity contribution in [3.63, 3.8) is 0 Å². The summed E-state index contributed by atoms with van der Waals surface area (Å²) in [5.74, 6) is -1.98. The predicted octanol–water partition coefficient (Wildman–Crippen LogP) is 4.80. The third kappa shape index (κ3) is 4.56. The third-order valence-corrected chi connectivity index (χ3v) is 5.92. The molecule has 2 aromatic rings. The van der Waals surface area contributed by atoms with Crippen molar-refractivity contribution in [1.29, 1.82) is 0 Å². The highest BCUT2D eigenvalue weighted by Gasteiger charge is 2.67. The van der Waals surface area contributed by atoms with E-state index in [-0.39, 0.29) is 21.0 Å². The van der Waals surface area contributed by atoms with Gasteiger partial charge in [-0.2, -0.15) is 0 Å². The highest BCUT2D eigenvalue weighted by Crippen LogP contribution is 2.65. The highest BCUT2D eigenvalue weighted by atomic mass is 35.5. The molecule has 3 rings (SSSR count). The van der Waals surface area contributed by atoms with Crippen LogP contribution in [0.25, 0.3) is 0 Å². The van der Waals surface area contributed by atoms with Gasteiger partial charge in [0.15, 0.2) is 0 Å². The quantitative estimate of drug-likeness (QED) is 0.515. The Bertz CT molecular complexity index is 819. The average Bonchev–Trinajstić information content (AvgIpc) is 3.16. The molecule has 2 aromatic carbocycles. The molecular weight excluding hydrogens is 441 g/mol. The number of primary amides is 2. The lowest BCUT2D eigenvalue weighted by Crippen LogP contribution is -2.16. The number of rotatable bonds is 3. The lowest BCUT2D eigenvalue weighted by molar-refractivity contribution is -0.119. The van der Waals surface area contributed by atoms with Gasteiger partial charge in [-0.3, -0.25) is 9.59 Å². The number of carbonyl (C=O) groups is 2. The number of hydrogen-bond donors (Lipinski definition) is 2. The Morgan fingerprint density at radius 3 is 1.77 bits per heavy atom. The zero-order valence-electron chi connectivity index (χ0n) is 13.1. The topological polar surface area (TPSA) is 86.2 Å². The molecule has 0 heterocycles. The van der Waals surface area contributed by atoms with Gasteiger partial charge in [0.05, 0.1) is 21.0 Å². The second kappa shape index (κ2) is 8.24. The molecule has 2 unspecified atom stereocenters. The molecule has 1 fully saturated rings. The van der Waals surface area contributed by atoms with Crippen LogP contribution in [0.3, 0.4) is 0 Å². The van der Waals surface area contributed by atoms with Crippen LogP contribution >= 0.6 is 58.0 Å². The zero-order chi connectivity index (χ0) is 19.6. The van der Waals surface area contributed by atoms with Gasteiger partial charge in [0, 0.05) is 11.5 Å². The molecule has 1 aliphatic carbocycles. The Kier molecular flexibility index (Phi) is 6.70. The average molecular weight is 455 g/mol. The van der Waals surface area contributed by atoms with Crippen LogP contribution in [0.1, 0.15) is 21.8 Å². The Balaban J connectivity index is 0.000000228. The lowest BCUT2D eigenvalue weighted by Gasteiger charge is -2.05. The monoisotopic (exact) mass is 452 g/mol. The summed E-state index contributed by atoms with van der Waals surface area (Å²) in [7, 11) is 0. The Morgan fingerprint density at radius 2 is 1.42 bits per heavy atom.